The van der Waals surface area contributed by atoms with Gasteiger partial charge in [0.05, 0.1) is 5.54 Å². The molecule has 0 heterocycles. The SMILES string of the molecule is CCC1CCC(NC(=O)C(C)(C)NC)C1C. The predicted molar refractivity (Wildman–Crippen MR) is 67.2 cm³/mol. The average Bonchev–Trinajstić information content (AvgIpc) is 2.60. The van der Waals surface area contributed by atoms with Gasteiger partial charge < -0.3 is 10.6 Å². The maximum atomic E-state index is 12.0. The van der Waals surface area contributed by atoms with Crippen LogP contribution in [0.4, 0.5) is 0 Å². The number of carbonyl (C=O) groups is 1. The molecule has 0 saturated heterocycles. The molecule has 1 fully saturated rings. The predicted octanol–water partition coefficient (Wildman–Crippen LogP) is 1.93. The first-order valence-corrected chi connectivity index (χ1v) is 6.42. The van der Waals surface area contributed by atoms with Gasteiger partial charge >= 0.3 is 0 Å². The van der Waals surface area contributed by atoms with Crippen LogP contribution >= 0.6 is 0 Å². The Morgan fingerprint density at radius 3 is 2.44 bits per heavy atom. The van der Waals surface area contributed by atoms with Crippen LogP contribution < -0.4 is 10.6 Å². The molecule has 3 nitrogen and oxygen atoms in total. The second-order valence-electron chi connectivity index (χ2n) is 5.56. The van der Waals surface area contributed by atoms with Crippen LogP contribution in [0.15, 0.2) is 0 Å². The van der Waals surface area contributed by atoms with E-state index in [-0.39, 0.29) is 5.91 Å². The molecule has 0 aromatic heterocycles. The standard InChI is InChI=1S/C13H26N2O/c1-6-10-7-8-11(9(10)2)15-12(16)13(3,4)14-5/h9-11,14H,6-8H2,1-5H3,(H,15,16). The summed E-state index contributed by atoms with van der Waals surface area (Å²) in [4.78, 5) is 12.0. The van der Waals surface area contributed by atoms with Gasteiger partial charge in [-0.05, 0) is 45.6 Å². The molecule has 1 aliphatic rings. The molecule has 94 valence electrons. The molecule has 3 heteroatoms. The Hall–Kier alpha value is -0.570. The van der Waals surface area contributed by atoms with Crippen molar-refractivity contribution < 1.29 is 4.79 Å². The summed E-state index contributed by atoms with van der Waals surface area (Å²) in [6.45, 7) is 8.33. The minimum Gasteiger partial charge on any atom is -0.352 e. The van der Waals surface area contributed by atoms with Crippen molar-refractivity contribution in [1.82, 2.24) is 10.6 Å². The smallest absolute Gasteiger partial charge is 0.239 e. The molecule has 0 aromatic rings. The van der Waals surface area contributed by atoms with Crippen molar-refractivity contribution in [2.24, 2.45) is 11.8 Å². The first-order chi connectivity index (χ1) is 7.42. The maximum absolute atomic E-state index is 12.0. The van der Waals surface area contributed by atoms with Gasteiger partial charge in [0.15, 0.2) is 0 Å². The van der Waals surface area contributed by atoms with Crippen LogP contribution in [0.2, 0.25) is 0 Å². The summed E-state index contributed by atoms with van der Waals surface area (Å²) in [5, 5.41) is 6.23. The highest BCUT2D eigenvalue weighted by atomic mass is 16.2. The summed E-state index contributed by atoms with van der Waals surface area (Å²) in [5.74, 6) is 1.51. The Bertz CT molecular complexity index is 250. The molecule has 2 N–H and O–H groups in total. The number of likely N-dealkylation sites (N-methyl/N-ethyl adjacent to an activating group) is 1. The van der Waals surface area contributed by atoms with Crippen LogP contribution in [-0.4, -0.2) is 24.5 Å². The summed E-state index contributed by atoms with van der Waals surface area (Å²) >= 11 is 0. The molecule has 3 atom stereocenters. The van der Waals surface area contributed by atoms with Gasteiger partial charge in [-0.3, -0.25) is 4.79 Å². The minimum atomic E-state index is -0.468. The van der Waals surface area contributed by atoms with E-state index < -0.39 is 5.54 Å². The lowest BCUT2D eigenvalue weighted by atomic mass is 9.93. The molecule has 16 heavy (non-hydrogen) atoms. The molecule has 1 saturated carbocycles. The minimum absolute atomic E-state index is 0.114. The molecule has 0 radical (unpaired) electrons. The molecule has 0 aromatic carbocycles. The van der Waals surface area contributed by atoms with E-state index in [1.54, 1.807) is 0 Å². The van der Waals surface area contributed by atoms with Gasteiger partial charge in [0, 0.05) is 6.04 Å². The molecule has 1 rings (SSSR count). The zero-order chi connectivity index (χ0) is 12.3. The molecule has 1 amide bonds. The summed E-state index contributed by atoms with van der Waals surface area (Å²) in [6, 6.07) is 0.366. The highest BCUT2D eigenvalue weighted by molar-refractivity contribution is 5.85. The molecule has 0 aliphatic heterocycles. The van der Waals surface area contributed by atoms with Gasteiger partial charge in [-0.1, -0.05) is 20.3 Å². The third kappa shape index (κ3) is 2.76. The van der Waals surface area contributed by atoms with Gasteiger partial charge in [0.25, 0.3) is 0 Å². The lowest BCUT2D eigenvalue weighted by molar-refractivity contribution is -0.127. The van der Waals surface area contributed by atoms with Crippen LogP contribution in [0.25, 0.3) is 0 Å². The fourth-order valence-corrected chi connectivity index (χ4v) is 2.49. The van der Waals surface area contributed by atoms with Gasteiger partial charge in [0.2, 0.25) is 5.91 Å². The second-order valence-corrected chi connectivity index (χ2v) is 5.56. The van der Waals surface area contributed by atoms with E-state index in [4.69, 9.17) is 0 Å². The highest BCUT2D eigenvalue weighted by Gasteiger charge is 2.35. The van der Waals surface area contributed by atoms with E-state index in [2.05, 4.69) is 24.5 Å². The van der Waals surface area contributed by atoms with E-state index in [1.807, 2.05) is 20.9 Å². The topological polar surface area (TPSA) is 41.1 Å². The van der Waals surface area contributed by atoms with E-state index in [0.717, 1.165) is 12.3 Å². The monoisotopic (exact) mass is 226 g/mol. The largest absolute Gasteiger partial charge is 0.352 e. The third-order valence-corrected chi connectivity index (χ3v) is 4.26. The lowest BCUT2D eigenvalue weighted by Gasteiger charge is -2.28. The van der Waals surface area contributed by atoms with Gasteiger partial charge in [-0.15, -0.1) is 0 Å². The summed E-state index contributed by atoms with van der Waals surface area (Å²) in [7, 11) is 1.83. The molecule has 3 unspecified atom stereocenters. The summed E-state index contributed by atoms with van der Waals surface area (Å²) in [6.07, 6.45) is 3.61. The van der Waals surface area contributed by atoms with E-state index >= 15 is 0 Å². The van der Waals surface area contributed by atoms with E-state index in [9.17, 15) is 4.79 Å². The summed E-state index contributed by atoms with van der Waals surface area (Å²) in [5.41, 5.74) is -0.468. The zero-order valence-electron chi connectivity index (χ0n) is 11.3. The van der Waals surface area contributed by atoms with Gasteiger partial charge in [-0.25, -0.2) is 0 Å². The third-order valence-electron chi connectivity index (χ3n) is 4.26. The van der Waals surface area contributed by atoms with Crippen molar-refractivity contribution in [3.8, 4) is 0 Å². The Balaban J connectivity index is 2.53. The Morgan fingerprint density at radius 2 is 2.00 bits per heavy atom. The van der Waals surface area contributed by atoms with E-state index in [1.165, 1.54) is 12.8 Å². The first-order valence-electron chi connectivity index (χ1n) is 6.42. The summed E-state index contributed by atoms with van der Waals surface area (Å²) < 4.78 is 0. The molecule has 0 spiro atoms. The Labute approximate surface area is 99.4 Å². The Kier molecular flexibility index (Phi) is 4.36. The van der Waals surface area contributed by atoms with Crippen LogP contribution in [0.5, 0.6) is 0 Å². The van der Waals surface area contributed by atoms with Gasteiger partial charge in [-0.2, -0.15) is 0 Å². The van der Waals surface area contributed by atoms with Crippen LogP contribution in [0.3, 0.4) is 0 Å². The lowest BCUT2D eigenvalue weighted by Crippen LogP contribution is -2.54. The average molecular weight is 226 g/mol. The van der Waals surface area contributed by atoms with Crippen molar-refractivity contribution in [3.05, 3.63) is 0 Å². The van der Waals surface area contributed by atoms with Crippen molar-refractivity contribution in [2.45, 2.75) is 58.5 Å². The van der Waals surface area contributed by atoms with Crippen LogP contribution in [0.1, 0.15) is 47.0 Å². The van der Waals surface area contributed by atoms with Crippen molar-refractivity contribution in [1.29, 1.82) is 0 Å². The van der Waals surface area contributed by atoms with Crippen molar-refractivity contribution in [2.75, 3.05) is 7.05 Å². The van der Waals surface area contributed by atoms with Crippen molar-refractivity contribution >= 4 is 5.91 Å². The molecular formula is C13H26N2O. The van der Waals surface area contributed by atoms with Gasteiger partial charge in [0.1, 0.15) is 0 Å². The normalized spacial score (nSPS) is 30.4. The molecule has 0 bridgehead atoms. The number of hydrogen-bond donors (Lipinski definition) is 2. The number of rotatable bonds is 4. The first kappa shape index (κ1) is 13.5. The van der Waals surface area contributed by atoms with Crippen LogP contribution in [-0.2, 0) is 4.79 Å². The zero-order valence-corrected chi connectivity index (χ0v) is 11.3. The molecule has 1 aliphatic carbocycles. The molecular weight excluding hydrogens is 200 g/mol. The highest BCUT2D eigenvalue weighted by Crippen LogP contribution is 2.33. The van der Waals surface area contributed by atoms with E-state index in [0.29, 0.717) is 12.0 Å². The van der Waals surface area contributed by atoms with Crippen LogP contribution in [0, 0.1) is 11.8 Å². The Morgan fingerprint density at radius 1 is 1.38 bits per heavy atom. The number of nitrogens with one attached hydrogen (secondary N) is 2. The fraction of sp³-hybridized carbons (Fsp3) is 0.923. The number of amides is 1. The fourth-order valence-electron chi connectivity index (χ4n) is 2.49. The van der Waals surface area contributed by atoms with Crippen molar-refractivity contribution in [3.63, 3.8) is 0 Å². The maximum Gasteiger partial charge on any atom is 0.239 e. The number of hydrogen-bond acceptors (Lipinski definition) is 2. The number of carbonyl (C=O) groups excluding carboxylic acids is 1. The second kappa shape index (κ2) is 5.17. The quantitative estimate of drug-likeness (QED) is 0.769.